The van der Waals surface area contributed by atoms with Crippen molar-refractivity contribution >= 4 is 35.8 Å². The Labute approximate surface area is 181 Å². The summed E-state index contributed by atoms with van der Waals surface area (Å²) in [6.45, 7) is 7.34. The predicted molar refractivity (Wildman–Crippen MR) is 121 cm³/mol. The van der Waals surface area contributed by atoms with Gasteiger partial charge in [-0.05, 0) is 52.1 Å². The minimum Gasteiger partial charge on any atom is -0.376 e. The normalized spacial score (nSPS) is 22.0. The largest absolute Gasteiger partial charge is 0.376 e. The van der Waals surface area contributed by atoms with Crippen molar-refractivity contribution in [3.05, 3.63) is 0 Å². The molecule has 2 N–H and O–H groups in total. The number of nitrogens with one attached hydrogen (secondary N) is 2. The summed E-state index contributed by atoms with van der Waals surface area (Å²) in [5.74, 6) is 0.714. The van der Waals surface area contributed by atoms with Gasteiger partial charge in [0.2, 0.25) is 5.91 Å². The number of guanidine groups is 1. The third-order valence-electron chi connectivity index (χ3n) is 5.26. The van der Waals surface area contributed by atoms with Crippen LogP contribution in [-0.2, 0) is 9.53 Å². The SMILES string of the molecule is CC(CCNC(=NCC(=O)N(C)C)NCC1CCCO1)N1CCCCC1.I. The fraction of sp³-hybridized carbons (Fsp3) is 0.895. The molecule has 0 aromatic rings. The summed E-state index contributed by atoms with van der Waals surface area (Å²) in [4.78, 5) is 20.4. The van der Waals surface area contributed by atoms with Gasteiger partial charge >= 0.3 is 0 Å². The van der Waals surface area contributed by atoms with Gasteiger partial charge in [-0.1, -0.05) is 6.42 Å². The van der Waals surface area contributed by atoms with E-state index < -0.39 is 0 Å². The number of halogens is 1. The second-order valence-electron chi connectivity index (χ2n) is 7.63. The lowest BCUT2D eigenvalue weighted by molar-refractivity contribution is -0.127. The molecule has 2 fully saturated rings. The van der Waals surface area contributed by atoms with Crippen molar-refractivity contribution in [3.8, 4) is 0 Å². The number of likely N-dealkylation sites (N-methyl/N-ethyl adjacent to an activating group) is 1. The molecule has 2 aliphatic heterocycles. The highest BCUT2D eigenvalue weighted by Gasteiger charge is 2.18. The second kappa shape index (κ2) is 13.5. The molecule has 0 bridgehead atoms. The standard InChI is InChI=1S/C19H37N5O2.HI/c1-16(24-11-5-4-6-12-24)9-10-20-19(22-15-18(25)23(2)3)21-14-17-8-7-13-26-17;/h16-17H,4-15H2,1-3H3,(H2,20,21,22);1H. The topological polar surface area (TPSA) is 69.2 Å². The van der Waals surface area contributed by atoms with Crippen LogP contribution >= 0.6 is 24.0 Å². The van der Waals surface area contributed by atoms with E-state index in [9.17, 15) is 4.79 Å². The van der Waals surface area contributed by atoms with Gasteiger partial charge in [0.1, 0.15) is 6.54 Å². The molecule has 2 heterocycles. The molecule has 0 aromatic carbocycles. The van der Waals surface area contributed by atoms with Gasteiger partial charge in [-0.25, -0.2) is 4.99 Å². The first-order chi connectivity index (χ1) is 12.6. The molecule has 2 aliphatic rings. The minimum atomic E-state index is 0. The van der Waals surface area contributed by atoms with Gasteiger partial charge in [0.05, 0.1) is 6.10 Å². The molecule has 0 saturated carbocycles. The lowest BCUT2D eigenvalue weighted by atomic mass is 10.1. The molecule has 27 heavy (non-hydrogen) atoms. The Kier molecular flexibility index (Phi) is 12.3. The highest BCUT2D eigenvalue weighted by Crippen LogP contribution is 2.13. The molecule has 0 aliphatic carbocycles. The number of piperidine rings is 1. The van der Waals surface area contributed by atoms with Crippen LogP contribution in [0.25, 0.3) is 0 Å². The van der Waals surface area contributed by atoms with Gasteiger partial charge in [0.25, 0.3) is 0 Å². The van der Waals surface area contributed by atoms with Crippen LogP contribution in [0.1, 0.15) is 45.4 Å². The number of amides is 1. The molecule has 2 rings (SSSR count). The van der Waals surface area contributed by atoms with Gasteiger partial charge in [-0.15, -0.1) is 24.0 Å². The summed E-state index contributed by atoms with van der Waals surface area (Å²) in [7, 11) is 3.51. The molecule has 2 unspecified atom stereocenters. The summed E-state index contributed by atoms with van der Waals surface area (Å²) < 4.78 is 5.66. The third-order valence-corrected chi connectivity index (χ3v) is 5.26. The maximum absolute atomic E-state index is 11.8. The fourth-order valence-corrected chi connectivity index (χ4v) is 3.42. The molecular weight excluding hydrogens is 457 g/mol. The lowest BCUT2D eigenvalue weighted by Gasteiger charge is -2.32. The Hall–Kier alpha value is -0.610. The van der Waals surface area contributed by atoms with E-state index in [4.69, 9.17) is 4.74 Å². The summed E-state index contributed by atoms with van der Waals surface area (Å²) in [6.07, 6.45) is 7.54. The number of rotatable bonds is 8. The third kappa shape index (κ3) is 9.43. The molecule has 0 aromatic heterocycles. The molecule has 7 nitrogen and oxygen atoms in total. The van der Waals surface area contributed by atoms with Gasteiger partial charge in [0.15, 0.2) is 5.96 Å². The van der Waals surface area contributed by atoms with Crippen LogP contribution < -0.4 is 10.6 Å². The van der Waals surface area contributed by atoms with E-state index in [1.54, 1.807) is 19.0 Å². The second-order valence-corrected chi connectivity index (χ2v) is 7.63. The maximum Gasteiger partial charge on any atom is 0.243 e. The molecule has 8 heteroatoms. The summed E-state index contributed by atoms with van der Waals surface area (Å²) >= 11 is 0. The van der Waals surface area contributed by atoms with Crippen molar-refractivity contribution in [2.45, 2.75) is 57.6 Å². The molecule has 0 spiro atoms. The molecule has 1 amide bonds. The minimum absolute atomic E-state index is 0. The molecule has 2 saturated heterocycles. The number of carbonyl (C=O) groups is 1. The van der Waals surface area contributed by atoms with Gasteiger partial charge in [-0.3, -0.25) is 4.79 Å². The fourth-order valence-electron chi connectivity index (χ4n) is 3.42. The van der Waals surface area contributed by atoms with Crippen LogP contribution in [0.3, 0.4) is 0 Å². The van der Waals surface area contributed by atoms with Crippen molar-refractivity contribution < 1.29 is 9.53 Å². The van der Waals surface area contributed by atoms with E-state index in [0.29, 0.717) is 12.0 Å². The number of aliphatic imine (C=N–C) groups is 1. The highest BCUT2D eigenvalue weighted by molar-refractivity contribution is 14.0. The summed E-state index contributed by atoms with van der Waals surface area (Å²) in [6, 6.07) is 0.575. The Morgan fingerprint density at radius 3 is 2.59 bits per heavy atom. The molecular formula is C19H38IN5O2. The van der Waals surface area contributed by atoms with Crippen molar-refractivity contribution in [2.24, 2.45) is 4.99 Å². The molecule has 2 atom stereocenters. The van der Waals surface area contributed by atoms with Crippen LogP contribution in [0.5, 0.6) is 0 Å². The molecule has 158 valence electrons. The van der Waals surface area contributed by atoms with Crippen LogP contribution in [0.2, 0.25) is 0 Å². The number of hydrogen-bond acceptors (Lipinski definition) is 4. The van der Waals surface area contributed by atoms with Crippen LogP contribution in [0.15, 0.2) is 4.99 Å². The van der Waals surface area contributed by atoms with E-state index in [-0.39, 0.29) is 42.5 Å². The predicted octanol–water partition coefficient (Wildman–Crippen LogP) is 1.67. The lowest BCUT2D eigenvalue weighted by Crippen LogP contribution is -2.44. The zero-order valence-corrected chi connectivity index (χ0v) is 19.5. The first-order valence-corrected chi connectivity index (χ1v) is 10.1. The average molecular weight is 495 g/mol. The number of carbonyl (C=O) groups excluding carboxylic acids is 1. The van der Waals surface area contributed by atoms with Crippen molar-refractivity contribution in [3.63, 3.8) is 0 Å². The van der Waals surface area contributed by atoms with Crippen LogP contribution in [0, 0.1) is 0 Å². The number of nitrogens with zero attached hydrogens (tertiary/aromatic N) is 3. The van der Waals surface area contributed by atoms with Gasteiger partial charge < -0.3 is 25.2 Å². The van der Waals surface area contributed by atoms with Crippen molar-refractivity contribution in [2.75, 3.05) is 53.4 Å². The quantitative estimate of drug-likeness (QED) is 0.305. The van der Waals surface area contributed by atoms with E-state index in [0.717, 1.165) is 39.0 Å². The van der Waals surface area contributed by atoms with Crippen molar-refractivity contribution in [1.82, 2.24) is 20.4 Å². The van der Waals surface area contributed by atoms with E-state index in [1.807, 2.05) is 0 Å². The van der Waals surface area contributed by atoms with Gasteiger partial charge in [-0.2, -0.15) is 0 Å². The smallest absolute Gasteiger partial charge is 0.243 e. The zero-order valence-electron chi connectivity index (χ0n) is 17.2. The summed E-state index contributed by atoms with van der Waals surface area (Å²) in [5.41, 5.74) is 0. The van der Waals surface area contributed by atoms with E-state index in [1.165, 1.54) is 32.4 Å². The average Bonchev–Trinajstić information content (AvgIpc) is 3.17. The monoisotopic (exact) mass is 495 g/mol. The van der Waals surface area contributed by atoms with Crippen molar-refractivity contribution in [1.29, 1.82) is 0 Å². The number of likely N-dealkylation sites (tertiary alicyclic amines) is 1. The summed E-state index contributed by atoms with van der Waals surface area (Å²) in [5, 5.41) is 6.73. The Morgan fingerprint density at radius 1 is 1.22 bits per heavy atom. The number of hydrogen-bond donors (Lipinski definition) is 2. The highest BCUT2D eigenvalue weighted by atomic mass is 127. The Morgan fingerprint density at radius 2 is 1.96 bits per heavy atom. The number of ether oxygens (including phenoxy) is 1. The molecule has 0 radical (unpaired) electrons. The van der Waals surface area contributed by atoms with Crippen LogP contribution in [-0.4, -0.2) is 87.2 Å². The zero-order chi connectivity index (χ0) is 18.8. The first-order valence-electron chi connectivity index (χ1n) is 10.1. The van der Waals surface area contributed by atoms with E-state index in [2.05, 4.69) is 27.4 Å². The first kappa shape index (κ1) is 24.4. The Bertz CT molecular complexity index is 449. The van der Waals surface area contributed by atoms with Crippen LogP contribution in [0.4, 0.5) is 0 Å². The maximum atomic E-state index is 11.8. The van der Waals surface area contributed by atoms with E-state index >= 15 is 0 Å². The Balaban J connectivity index is 0.00000364. The van der Waals surface area contributed by atoms with Gasteiger partial charge in [0, 0.05) is 39.8 Å².